The van der Waals surface area contributed by atoms with Gasteiger partial charge in [0.2, 0.25) is 11.8 Å². The number of amides is 2. The van der Waals surface area contributed by atoms with Crippen LogP contribution in [0.3, 0.4) is 0 Å². The van der Waals surface area contributed by atoms with Crippen LogP contribution in [0.4, 0.5) is 11.5 Å². The first-order valence-corrected chi connectivity index (χ1v) is 11.2. The van der Waals surface area contributed by atoms with E-state index in [1.54, 1.807) is 22.9 Å². The van der Waals surface area contributed by atoms with Gasteiger partial charge >= 0.3 is 0 Å². The molecule has 1 saturated carbocycles. The number of rotatable bonds is 7. The number of anilines is 2. The van der Waals surface area contributed by atoms with E-state index in [-0.39, 0.29) is 30.3 Å². The van der Waals surface area contributed by atoms with Gasteiger partial charge in [-0.2, -0.15) is 5.10 Å². The normalized spacial score (nSPS) is 18.0. The number of halogens is 1. The van der Waals surface area contributed by atoms with E-state index in [2.05, 4.69) is 26.0 Å². The molecule has 9 heteroatoms. The SMILES string of the molecule is CNc1ccc2c(c1)c(C)nn2CC(=O)NC1CCC(CC(=O)Nc2cccc(Cl)n2)C1. The van der Waals surface area contributed by atoms with Crippen molar-refractivity contribution in [2.24, 2.45) is 5.92 Å². The molecule has 3 N–H and O–H groups in total. The Morgan fingerprint density at radius 2 is 2.03 bits per heavy atom. The fourth-order valence-corrected chi connectivity index (χ4v) is 4.51. The quantitative estimate of drug-likeness (QED) is 0.472. The molecule has 4 rings (SSSR count). The van der Waals surface area contributed by atoms with Crippen molar-refractivity contribution in [3.8, 4) is 0 Å². The Morgan fingerprint density at radius 1 is 1.19 bits per heavy atom. The summed E-state index contributed by atoms with van der Waals surface area (Å²) in [7, 11) is 1.88. The topological polar surface area (TPSA) is 101 Å². The number of pyridine rings is 1. The number of nitrogens with zero attached hydrogens (tertiary/aromatic N) is 3. The zero-order valence-corrected chi connectivity index (χ0v) is 18.9. The number of nitrogens with one attached hydrogen (secondary N) is 3. The highest BCUT2D eigenvalue weighted by atomic mass is 35.5. The van der Waals surface area contributed by atoms with Gasteiger partial charge in [0.15, 0.2) is 0 Å². The molecule has 1 fully saturated rings. The summed E-state index contributed by atoms with van der Waals surface area (Å²) in [5, 5.41) is 14.9. The van der Waals surface area contributed by atoms with E-state index in [0.717, 1.165) is 41.5 Å². The summed E-state index contributed by atoms with van der Waals surface area (Å²) in [6.45, 7) is 2.12. The second-order valence-electron chi connectivity index (χ2n) is 8.27. The van der Waals surface area contributed by atoms with Crippen LogP contribution in [0, 0.1) is 12.8 Å². The third kappa shape index (κ3) is 5.19. The third-order valence-electron chi connectivity index (χ3n) is 5.88. The van der Waals surface area contributed by atoms with E-state index in [9.17, 15) is 9.59 Å². The largest absolute Gasteiger partial charge is 0.388 e. The van der Waals surface area contributed by atoms with Crippen LogP contribution in [0.2, 0.25) is 5.15 Å². The van der Waals surface area contributed by atoms with Gasteiger partial charge in [-0.3, -0.25) is 14.3 Å². The lowest BCUT2D eigenvalue weighted by molar-refractivity contribution is -0.122. The van der Waals surface area contributed by atoms with Gasteiger partial charge in [-0.25, -0.2) is 4.98 Å². The van der Waals surface area contributed by atoms with Crippen molar-refractivity contribution in [1.29, 1.82) is 0 Å². The monoisotopic (exact) mass is 454 g/mol. The molecule has 2 heterocycles. The molecule has 0 saturated heterocycles. The van der Waals surface area contributed by atoms with E-state index >= 15 is 0 Å². The number of aryl methyl sites for hydroxylation is 1. The van der Waals surface area contributed by atoms with Gasteiger partial charge in [-0.1, -0.05) is 17.7 Å². The molecule has 32 heavy (non-hydrogen) atoms. The first-order chi connectivity index (χ1) is 15.4. The minimum atomic E-state index is -0.0869. The molecule has 2 unspecified atom stereocenters. The minimum absolute atomic E-state index is 0.0645. The van der Waals surface area contributed by atoms with Gasteiger partial charge in [-0.05, 0) is 62.4 Å². The Bertz CT molecular complexity index is 1140. The summed E-state index contributed by atoms with van der Waals surface area (Å²) < 4.78 is 1.75. The van der Waals surface area contributed by atoms with Crippen LogP contribution < -0.4 is 16.0 Å². The molecule has 2 amide bonds. The number of aromatic nitrogens is 3. The van der Waals surface area contributed by atoms with Crippen molar-refractivity contribution in [3.05, 3.63) is 47.2 Å². The number of carbonyl (C=O) groups excluding carboxylic acids is 2. The second kappa shape index (κ2) is 9.56. The summed E-state index contributed by atoms with van der Waals surface area (Å²) >= 11 is 5.86. The summed E-state index contributed by atoms with van der Waals surface area (Å²) in [5.41, 5.74) is 2.84. The van der Waals surface area contributed by atoms with Crippen LogP contribution in [0.25, 0.3) is 10.9 Å². The summed E-state index contributed by atoms with van der Waals surface area (Å²) in [5.74, 6) is 0.530. The Kier molecular flexibility index (Phi) is 6.60. The predicted molar refractivity (Wildman–Crippen MR) is 126 cm³/mol. The smallest absolute Gasteiger partial charge is 0.241 e. The van der Waals surface area contributed by atoms with Crippen LogP contribution in [0.1, 0.15) is 31.4 Å². The van der Waals surface area contributed by atoms with Crippen molar-refractivity contribution in [1.82, 2.24) is 20.1 Å². The lowest BCUT2D eigenvalue weighted by atomic mass is 10.0. The van der Waals surface area contributed by atoms with Crippen molar-refractivity contribution in [2.45, 2.75) is 45.2 Å². The van der Waals surface area contributed by atoms with E-state index < -0.39 is 0 Å². The van der Waals surface area contributed by atoms with Crippen LogP contribution >= 0.6 is 11.6 Å². The van der Waals surface area contributed by atoms with Crippen LogP contribution in [-0.2, 0) is 16.1 Å². The molecule has 2 aromatic heterocycles. The fraction of sp³-hybridized carbons (Fsp3) is 0.391. The zero-order chi connectivity index (χ0) is 22.7. The molecule has 0 aliphatic heterocycles. The summed E-state index contributed by atoms with van der Waals surface area (Å²) in [6, 6.07) is 11.2. The number of hydrogen-bond donors (Lipinski definition) is 3. The van der Waals surface area contributed by atoms with Crippen LogP contribution in [0.5, 0.6) is 0 Å². The molecule has 0 radical (unpaired) electrons. The van der Waals surface area contributed by atoms with Crippen molar-refractivity contribution in [2.75, 3.05) is 17.7 Å². The lowest BCUT2D eigenvalue weighted by Crippen LogP contribution is -2.35. The first kappa shape index (κ1) is 22.1. The maximum Gasteiger partial charge on any atom is 0.241 e. The maximum atomic E-state index is 12.7. The lowest BCUT2D eigenvalue weighted by Gasteiger charge is -2.14. The average molecular weight is 455 g/mol. The van der Waals surface area contributed by atoms with Gasteiger partial charge in [0.1, 0.15) is 17.5 Å². The molecule has 8 nitrogen and oxygen atoms in total. The first-order valence-electron chi connectivity index (χ1n) is 10.8. The molecule has 168 valence electrons. The maximum absolute atomic E-state index is 12.7. The number of hydrogen-bond acceptors (Lipinski definition) is 5. The van der Waals surface area contributed by atoms with Gasteiger partial charge in [0.25, 0.3) is 0 Å². The Balaban J connectivity index is 1.29. The predicted octanol–water partition coefficient (Wildman–Crippen LogP) is 3.75. The third-order valence-corrected chi connectivity index (χ3v) is 6.09. The van der Waals surface area contributed by atoms with Crippen molar-refractivity contribution < 1.29 is 9.59 Å². The standard InChI is InChI=1S/C23H27ClN6O2/c1-14-18-12-16(25-2)8-9-19(18)30(29-14)13-23(32)26-17-7-6-15(10-17)11-22(31)28-21-5-3-4-20(24)27-21/h3-5,8-9,12,15,17,25H,6-7,10-11,13H2,1-2H3,(H,26,32)(H,27,28,31). The number of carbonyl (C=O) groups is 2. The Labute approximate surface area is 191 Å². The summed E-state index contributed by atoms with van der Waals surface area (Å²) in [4.78, 5) is 29.1. The highest BCUT2D eigenvalue weighted by Crippen LogP contribution is 2.29. The van der Waals surface area contributed by atoms with Gasteiger partial charge in [-0.15, -0.1) is 0 Å². The molecule has 1 aromatic carbocycles. The second-order valence-corrected chi connectivity index (χ2v) is 8.65. The van der Waals surface area contributed by atoms with Crippen molar-refractivity contribution >= 4 is 45.8 Å². The summed E-state index contributed by atoms with van der Waals surface area (Å²) in [6.07, 6.45) is 2.95. The molecule has 1 aliphatic rings. The number of benzene rings is 1. The Morgan fingerprint density at radius 3 is 2.81 bits per heavy atom. The number of fused-ring (bicyclic) bond motifs is 1. The van der Waals surface area contributed by atoms with Gasteiger partial charge in [0, 0.05) is 30.6 Å². The van der Waals surface area contributed by atoms with E-state index in [1.165, 1.54) is 0 Å². The molecule has 0 spiro atoms. The zero-order valence-electron chi connectivity index (χ0n) is 18.2. The van der Waals surface area contributed by atoms with E-state index in [4.69, 9.17) is 11.6 Å². The molecule has 0 bridgehead atoms. The van der Waals surface area contributed by atoms with E-state index in [1.807, 2.05) is 32.2 Å². The molecule has 3 aromatic rings. The van der Waals surface area contributed by atoms with Gasteiger partial charge < -0.3 is 16.0 Å². The highest BCUT2D eigenvalue weighted by molar-refractivity contribution is 6.29. The highest BCUT2D eigenvalue weighted by Gasteiger charge is 2.28. The molecular weight excluding hydrogens is 428 g/mol. The van der Waals surface area contributed by atoms with Gasteiger partial charge in [0.05, 0.1) is 11.2 Å². The fourth-order valence-electron chi connectivity index (χ4n) is 4.35. The van der Waals surface area contributed by atoms with E-state index in [0.29, 0.717) is 17.4 Å². The van der Waals surface area contributed by atoms with Crippen LogP contribution in [0.15, 0.2) is 36.4 Å². The molecule has 2 atom stereocenters. The minimum Gasteiger partial charge on any atom is -0.388 e. The van der Waals surface area contributed by atoms with Crippen molar-refractivity contribution in [3.63, 3.8) is 0 Å². The van der Waals surface area contributed by atoms with Crippen LogP contribution in [-0.4, -0.2) is 39.7 Å². The molecule has 1 aliphatic carbocycles. The Hall–Kier alpha value is -3.13. The average Bonchev–Trinajstić information content (AvgIpc) is 3.31. The molecular formula is C23H27ClN6O2.